The lowest BCUT2D eigenvalue weighted by Gasteiger charge is -2.28. The van der Waals surface area contributed by atoms with Gasteiger partial charge in [-0.15, -0.1) is 0 Å². The van der Waals surface area contributed by atoms with Gasteiger partial charge in [0, 0.05) is 37.1 Å². The number of halogens is 1. The van der Waals surface area contributed by atoms with E-state index in [9.17, 15) is 17.6 Å². The molecule has 1 unspecified atom stereocenters. The van der Waals surface area contributed by atoms with Crippen LogP contribution in [0.5, 0.6) is 5.75 Å². The molecule has 1 aliphatic heterocycles. The molecule has 1 saturated heterocycles. The number of benzene rings is 2. The summed E-state index contributed by atoms with van der Waals surface area (Å²) in [7, 11) is -2.43. The van der Waals surface area contributed by atoms with E-state index in [1.165, 1.54) is 49.6 Å². The lowest BCUT2D eigenvalue weighted by atomic mass is 9.87. The summed E-state index contributed by atoms with van der Waals surface area (Å²) < 4.78 is 51.9. The Kier molecular flexibility index (Phi) is 7.64. The number of sulfonamides is 1. The van der Waals surface area contributed by atoms with E-state index >= 15 is 0 Å². The maximum absolute atomic E-state index is 13.5. The number of hydrogen-bond donors (Lipinski definition) is 2. The molecule has 2 aromatic rings. The lowest BCUT2D eigenvalue weighted by Crippen LogP contribution is -2.31. The normalized spacial score (nSPS) is 19.1. The minimum Gasteiger partial charge on any atom is -0.494 e. The van der Waals surface area contributed by atoms with Crippen molar-refractivity contribution in [3.63, 3.8) is 0 Å². The standard InChI is InChI=1S/C22H27FN2O5S/c1-15-14-30-11-9-16(15)8-10-24-31(27,28)19-5-3-4-17(12-19)22(26)25-18-6-7-20(23)21(13-18)29-2/h3-7,12-13,15-16,24H,8-11,14H2,1-2H3,(H,25,26)/t15?,16-/m0/s1. The predicted octanol–water partition coefficient (Wildman–Crippen LogP) is 3.43. The molecule has 7 nitrogen and oxygen atoms in total. The summed E-state index contributed by atoms with van der Waals surface area (Å²) in [5.41, 5.74) is 0.504. The molecule has 2 atom stereocenters. The second-order valence-electron chi connectivity index (χ2n) is 7.62. The van der Waals surface area contributed by atoms with E-state index in [-0.39, 0.29) is 16.2 Å². The molecule has 0 bridgehead atoms. The van der Waals surface area contributed by atoms with Crippen molar-refractivity contribution in [2.45, 2.75) is 24.7 Å². The molecule has 0 spiro atoms. The maximum Gasteiger partial charge on any atom is 0.255 e. The molecule has 1 fully saturated rings. The van der Waals surface area contributed by atoms with Crippen molar-refractivity contribution in [1.29, 1.82) is 0 Å². The Morgan fingerprint density at radius 3 is 2.81 bits per heavy atom. The molecule has 9 heteroatoms. The Morgan fingerprint density at radius 2 is 2.06 bits per heavy atom. The Balaban J connectivity index is 1.64. The van der Waals surface area contributed by atoms with Crippen LogP contribution in [0.15, 0.2) is 47.4 Å². The van der Waals surface area contributed by atoms with Crippen LogP contribution in [0.25, 0.3) is 0 Å². The first-order valence-electron chi connectivity index (χ1n) is 10.1. The molecule has 0 aliphatic carbocycles. The summed E-state index contributed by atoms with van der Waals surface area (Å²) >= 11 is 0. The Labute approximate surface area is 182 Å². The second-order valence-corrected chi connectivity index (χ2v) is 9.39. The number of anilines is 1. The lowest BCUT2D eigenvalue weighted by molar-refractivity contribution is 0.0221. The number of amides is 1. The zero-order valence-electron chi connectivity index (χ0n) is 17.6. The van der Waals surface area contributed by atoms with Gasteiger partial charge in [0.2, 0.25) is 10.0 Å². The van der Waals surface area contributed by atoms with Crippen molar-refractivity contribution < 1.29 is 27.1 Å². The average Bonchev–Trinajstić information content (AvgIpc) is 2.76. The molecule has 0 aromatic heterocycles. The maximum atomic E-state index is 13.5. The SMILES string of the molecule is COc1cc(NC(=O)c2cccc(S(=O)(=O)NCC[C@H]3CCOCC3C)c2)ccc1F. The molecule has 0 saturated carbocycles. The van der Waals surface area contributed by atoms with Gasteiger partial charge in [-0.3, -0.25) is 4.79 Å². The van der Waals surface area contributed by atoms with Crippen LogP contribution in [0.2, 0.25) is 0 Å². The van der Waals surface area contributed by atoms with Gasteiger partial charge in [0.05, 0.1) is 12.0 Å². The van der Waals surface area contributed by atoms with Gasteiger partial charge in [-0.1, -0.05) is 13.0 Å². The predicted molar refractivity (Wildman–Crippen MR) is 115 cm³/mol. The molecule has 3 rings (SSSR count). The van der Waals surface area contributed by atoms with Crippen LogP contribution in [0.1, 0.15) is 30.1 Å². The quantitative estimate of drug-likeness (QED) is 0.643. The number of ether oxygens (including phenoxy) is 2. The highest BCUT2D eigenvalue weighted by Crippen LogP contribution is 2.25. The van der Waals surface area contributed by atoms with E-state index < -0.39 is 21.7 Å². The monoisotopic (exact) mass is 450 g/mol. The zero-order chi connectivity index (χ0) is 22.4. The van der Waals surface area contributed by atoms with Crippen molar-refractivity contribution in [2.24, 2.45) is 11.8 Å². The highest BCUT2D eigenvalue weighted by Gasteiger charge is 2.23. The van der Waals surface area contributed by atoms with E-state index in [1.807, 2.05) is 0 Å². The molecular formula is C22H27FN2O5S. The smallest absolute Gasteiger partial charge is 0.255 e. The van der Waals surface area contributed by atoms with E-state index in [2.05, 4.69) is 17.0 Å². The molecule has 168 valence electrons. The second kappa shape index (κ2) is 10.2. The fraction of sp³-hybridized carbons (Fsp3) is 0.409. The van der Waals surface area contributed by atoms with Gasteiger partial charge in [0.1, 0.15) is 0 Å². The fourth-order valence-corrected chi connectivity index (χ4v) is 4.65. The largest absolute Gasteiger partial charge is 0.494 e. The average molecular weight is 451 g/mol. The first-order valence-corrected chi connectivity index (χ1v) is 11.6. The van der Waals surface area contributed by atoms with E-state index in [0.717, 1.165) is 12.8 Å². The van der Waals surface area contributed by atoms with Crippen molar-refractivity contribution >= 4 is 21.6 Å². The summed E-state index contributed by atoms with van der Waals surface area (Å²) in [6, 6.07) is 9.71. The van der Waals surface area contributed by atoms with Crippen molar-refractivity contribution in [3.05, 3.63) is 53.8 Å². The Morgan fingerprint density at radius 1 is 1.26 bits per heavy atom. The van der Waals surface area contributed by atoms with Gasteiger partial charge in [-0.25, -0.2) is 17.5 Å². The van der Waals surface area contributed by atoms with E-state index in [0.29, 0.717) is 37.3 Å². The molecular weight excluding hydrogens is 423 g/mol. The summed E-state index contributed by atoms with van der Waals surface area (Å²) in [5, 5.41) is 2.62. The van der Waals surface area contributed by atoms with Crippen molar-refractivity contribution in [1.82, 2.24) is 4.72 Å². The number of methoxy groups -OCH3 is 1. The highest BCUT2D eigenvalue weighted by atomic mass is 32.2. The first kappa shape index (κ1) is 23.2. The molecule has 1 amide bonds. The minimum atomic E-state index is -3.75. The molecule has 0 radical (unpaired) electrons. The van der Waals surface area contributed by atoms with Gasteiger partial charge in [-0.2, -0.15) is 0 Å². The molecule has 1 aliphatic rings. The number of carbonyl (C=O) groups is 1. The van der Waals surface area contributed by atoms with Gasteiger partial charge < -0.3 is 14.8 Å². The van der Waals surface area contributed by atoms with Gasteiger partial charge >= 0.3 is 0 Å². The third kappa shape index (κ3) is 6.03. The third-order valence-corrected chi connectivity index (χ3v) is 6.90. The molecule has 2 aromatic carbocycles. The number of hydrogen-bond acceptors (Lipinski definition) is 5. The summed E-state index contributed by atoms with van der Waals surface area (Å²) in [4.78, 5) is 12.6. The third-order valence-electron chi connectivity index (χ3n) is 5.44. The zero-order valence-corrected chi connectivity index (χ0v) is 18.4. The van der Waals surface area contributed by atoms with Crippen LogP contribution >= 0.6 is 0 Å². The van der Waals surface area contributed by atoms with Crippen LogP contribution in [0, 0.1) is 17.7 Å². The van der Waals surface area contributed by atoms with Gasteiger partial charge in [0.15, 0.2) is 11.6 Å². The van der Waals surface area contributed by atoms with Crippen LogP contribution in [-0.2, 0) is 14.8 Å². The van der Waals surface area contributed by atoms with Crippen LogP contribution < -0.4 is 14.8 Å². The number of rotatable bonds is 8. The Hall–Kier alpha value is -2.49. The molecule has 1 heterocycles. The minimum absolute atomic E-state index is 0.00262. The number of nitrogens with one attached hydrogen (secondary N) is 2. The van der Waals surface area contributed by atoms with E-state index in [1.54, 1.807) is 0 Å². The summed E-state index contributed by atoms with van der Waals surface area (Å²) in [5.74, 6) is -0.245. The fourth-order valence-electron chi connectivity index (χ4n) is 3.56. The van der Waals surface area contributed by atoms with Gasteiger partial charge in [0.25, 0.3) is 5.91 Å². The van der Waals surface area contributed by atoms with Crippen LogP contribution in [0.3, 0.4) is 0 Å². The number of carbonyl (C=O) groups excluding carboxylic acids is 1. The summed E-state index contributed by atoms with van der Waals surface area (Å²) in [6.07, 6.45) is 1.66. The highest BCUT2D eigenvalue weighted by molar-refractivity contribution is 7.89. The topological polar surface area (TPSA) is 93.7 Å². The summed E-state index contributed by atoms with van der Waals surface area (Å²) in [6.45, 7) is 3.84. The van der Waals surface area contributed by atoms with Gasteiger partial charge in [-0.05, 0) is 55.0 Å². The molecule has 31 heavy (non-hydrogen) atoms. The van der Waals surface area contributed by atoms with Crippen LogP contribution in [-0.4, -0.2) is 41.2 Å². The molecule has 2 N–H and O–H groups in total. The first-order chi connectivity index (χ1) is 14.8. The van der Waals surface area contributed by atoms with Crippen LogP contribution in [0.4, 0.5) is 10.1 Å². The Bertz CT molecular complexity index is 1030. The van der Waals surface area contributed by atoms with Crippen molar-refractivity contribution in [3.8, 4) is 5.75 Å². The van der Waals surface area contributed by atoms with E-state index in [4.69, 9.17) is 9.47 Å². The van der Waals surface area contributed by atoms with Crippen molar-refractivity contribution in [2.75, 3.05) is 32.2 Å².